The molecule has 0 rings (SSSR count). The Hall–Kier alpha value is 1.94. The first kappa shape index (κ1) is 10.8. The van der Waals surface area contributed by atoms with Crippen LogP contribution in [0.15, 0.2) is 0 Å². The third kappa shape index (κ3) is 9.34. The van der Waals surface area contributed by atoms with Crippen LogP contribution >= 0.6 is 8.25 Å². The number of hydrogen-bond donors (Lipinski definition) is 1. The second-order valence-electron chi connectivity index (χ2n) is 0.470. The molecule has 0 saturated heterocycles. The molecule has 0 aromatic heterocycles. The van der Waals surface area contributed by atoms with Gasteiger partial charge in [-0.2, -0.15) is 0 Å². The Bertz CT molecular complexity index is 46.1. The van der Waals surface area contributed by atoms with E-state index in [1.54, 1.807) is 0 Å². The molecular formula is H6AlCaO3P. The molecule has 6 heavy (non-hydrogen) atoms. The molecule has 0 aromatic carbocycles. The van der Waals surface area contributed by atoms with Gasteiger partial charge in [0.25, 0.3) is 8.25 Å². The van der Waals surface area contributed by atoms with E-state index in [1.807, 2.05) is 0 Å². The van der Waals surface area contributed by atoms with Crippen molar-refractivity contribution in [3.63, 3.8) is 0 Å². The van der Waals surface area contributed by atoms with E-state index in [2.05, 4.69) is 3.58 Å². The molecule has 0 bridgehead atoms. The van der Waals surface area contributed by atoms with Gasteiger partial charge in [-0.05, 0) is 0 Å². The first-order valence-electron chi connectivity index (χ1n) is 1.04. The molecule has 0 aliphatic heterocycles. The number of hydrogen-bond acceptors (Lipinski definition) is 2. The molecule has 0 fully saturated rings. The first-order chi connectivity index (χ1) is 2.27. The zero-order valence-corrected chi connectivity index (χ0v) is 5.76. The predicted molar refractivity (Wildman–Crippen MR) is 29.4 cm³/mol. The summed E-state index contributed by atoms with van der Waals surface area (Å²) in [7, 11) is -2.56. The van der Waals surface area contributed by atoms with E-state index in [-0.39, 0.29) is 37.7 Å². The standard InChI is InChI=1S/Al.Ca.H3O3P.4H/c;;1-4(2)3;;;;/h;;4H,(H2,1,2,3);;;;/q+1;;;;;;/p-1. The van der Waals surface area contributed by atoms with Crippen LogP contribution in [0.5, 0.6) is 0 Å². The van der Waals surface area contributed by atoms with Gasteiger partial charge in [-0.3, -0.25) is 4.57 Å². The molecule has 1 unspecified atom stereocenters. The van der Waals surface area contributed by atoms with Crippen molar-refractivity contribution in [3.05, 3.63) is 0 Å². The monoisotopic (exact) mass is 152 g/mol. The van der Waals surface area contributed by atoms with Gasteiger partial charge in [0.05, 0.1) is 0 Å². The topological polar surface area (TPSA) is 46.5 Å². The Kier molecular flexibility index (Phi) is 12.5. The molecule has 0 aliphatic carbocycles. The third-order valence-electron chi connectivity index (χ3n) is 0.175. The van der Waals surface area contributed by atoms with Crippen molar-refractivity contribution in [2.45, 2.75) is 0 Å². The van der Waals surface area contributed by atoms with Gasteiger partial charge in [0.1, 0.15) is 0 Å². The van der Waals surface area contributed by atoms with E-state index in [4.69, 9.17) is 4.89 Å². The molecule has 0 amide bonds. The van der Waals surface area contributed by atoms with Gasteiger partial charge in [0.2, 0.25) is 0 Å². The summed E-state index contributed by atoms with van der Waals surface area (Å²) >= 11 is 0.356. The van der Waals surface area contributed by atoms with E-state index in [1.165, 1.54) is 0 Å². The van der Waals surface area contributed by atoms with Gasteiger partial charge < -0.3 is 8.47 Å². The maximum absolute atomic E-state index is 9.37. The summed E-state index contributed by atoms with van der Waals surface area (Å²) < 4.78 is 13.4. The molecule has 34 valence electrons. The van der Waals surface area contributed by atoms with Crippen molar-refractivity contribution >= 4 is 62.6 Å². The summed E-state index contributed by atoms with van der Waals surface area (Å²) in [5.41, 5.74) is 0. The van der Waals surface area contributed by atoms with Gasteiger partial charge in [0, 0.05) is 0 Å². The van der Waals surface area contributed by atoms with Crippen molar-refractivity contribution < 1.29 is 13.0 Å². The molecule has 0 aromatic rings. The summed E-state index contributed by atoms with van der Waals surface area (Å²) in [4.78, 5) is 7.72. The van der Waals surface area contributed by atoms with Crippen LogP contribution in [-0.4, -0.2) is 59.3 Å². The Labute approximate surface area is 74.8 Å². The minimum absolute atomic E-state index is 0. The van der Waals surface area contributed by atoms with E-state index >= 15 is 0 Å². The van der Waals surface area contributed by atoms with Gasteiger partial charge >= 0.3 is 54.4 Å². The molecule has 0 spiro atoms. The molecule has 1 atom stereocenters. The van der Waals surface area contributed by atoms with E-state index in [0.29, 0.717) is 16.6 Å². The fourth-order valence-corrected chi connectivity index (χ4v) is 0. The second kappa shape index (κ2) is 6.94. The zero-order valence-electron chi connectivity index (χ0n) is 2.76. The van der Waals surface area contributed by atoms with Crippen LogP contribution in [0.25, 0.3) is 0 Å². The normalized spacial score (nSPS) is 12.2. The fourth-order valence-electron chi connectivity index (χ4n) is 0. The molecule has 0 radical (unpaired) electrons. The average molecular weight is 152 g/mol. The molecular weight excluding hydrogens is 146 g/mol. The molecule has 3 nitrogen and oxygen atoms in total. The SMILES string of the molecule is O=[PH](O)[O][AlH2].[CaH2]. The van der Waals surface area contributed by atoms with Crippen molar-refractivity contribution in [3.8, 4) is 0 Å². The summed E-state index contributed by atoms with van der Waals surface area (Å²) in [5, 5.41) is 0. The van der Waals surface area contributed by atoms with Crippen LogP contribution in [-0.2, 0) is 8.14 Å². The van der Waals surface area contributed by atoms with E-state index in [9.17, 15) is 4.57 Å². The van der Waals surface area contributed by atoms with Crippen LogP contribution in [0.1, 0.15) is 0 Å². The van der Waals surface area contributed by atoms with Crippen LogP contribution in [0.4, 0.5) is 0 Å². The van der Waals surface area contributed by atoms with Crippen LogP contribution in [0.3, 0.4) is 0 Å². The van der Waals surface area contributed by atoms with Crippen LogP contribution in [0, 0.1) is 0 Å². The van der Waals surface area contributed by atoms with Crippen molar-refractivity contribution in [2.24, 2.45) is 0 Å². The summed E-state index contributed by atoms with van der Waals surface area (Å²) in [5.74, 6) is 0. The van der Waals surface area contributed by atoms with Crippen molar-refractivity contribution in [2.75, 3.05) is 0 Å². The van der Waals surface area contributed by atoms with Gasteiger partial charge in [-0.1, -0.05) is 0 Å². The molecule has 0 saturated carbocycles. The summed E-state index contributed by atoms with van der Waals surface area (Å²) in [6.07, 6.45) is 0. The van der Waals surface area contributed by atoms with Crippen molar-refractivity contribution in [1.82, 2.24) is 0 Å². The number of rotatable bonds is 1. The Morgan fingerprint density at radius 1 is 1.83 bits per heavy atom. The van der Waals surface area contributed by atoms with Gasteiger partial charge in [-0.15, -0.1) is 0 Å². The Balaban J connectivity index is 0. The van der Waals surface area contributed by atoms with Crippen LogP contribution in [0.2, 0.25) is 0 Å². The zero-order chi connectivity index (χ0) is 4.28. The maximum atomic E-state index is 9.37. The molecule has 6 heteroatoms. The minimum atomic E-state index is -2.56. The van der Waals surface area contributed by atoms with Gasteiger partial charge in [0.15, 0.2) is 0 Å². The van der Waals surface area contributed by atoms with E-state index in [0.717, 1.165) is 0 Å². The van der Waals surface area contributed by atoms with Gasteiger partial charge in [-0.25, -0.2) is 0 Å². The quantitative estimate of drug-likeness (QED) is 0.350. The van der Waals surface area contributed by atoms with Crippen molar-refractivity contribution in [1.29, 1.82) is 0 Å². The second-order valence-corrected chi connectivity index (χ2v) is 2.63. The predicted octanol–water partition coefficient (Wildman–Crippen LogP) is -1.98. The summed E-state index contributed by atoms with van der Waals surface area (Å²) in [6, 6.07) is 0. The fraction of sp³-hybridized carbons (Fsp3) is 0. The Morgan fingerprint density at radius 3 is 2.00 bits per heavy atom. The Morgan fingerprint density at radius 2 is 2.00 bits per heavy atom. The van der Waals surface area contributed by atoms with E-state index < -0.39 is 8.25 Å². The summed E-state index contributed by atoms with van der Waals surface area (Å²) in [6.45, 7) is 0. The first-order valence-corrected chi connectivity index (χ1v) is 3.12. The third-order valence-corrected chi connectivity index (χ3v) is 1.57. The van der Waals surface area contributed by atoms with Crippen LogP contribution < -0.4 is 0 Å². The molecule has 0 heterocycles. The molecule has 0 aliphatic rings. The molecule has 1 N–H and O–H groups in total. The average Bonchev–Trinajstić information content (AvgIpc) is 1.38.